The molecule has 2 aliphatic rings. The Hall–Kier alpha value is -3.19. The number of halogens is 1. The second-order valence-electron chi connectivity index (χ2n) is 9.55. The second-order valence-corrected chi connectivity index (χ2v) is 9.55. The molecule has 1 aromatic carbocycles. The van der Waals surface area contributed by atoms with Crippen LogP contribution < -0.4 is 11.1 Å². The standard InChI is InChI=1S/C19H20FN3O.C6H14O.C5H10.C2H4O/c1-4-5-15(21)18-10(2)17(22-11(18)3)9-14-13-8-12(20)6-7-16(13)23-19(14)24;1-3-5-7-6-4-2;1-2-4-5-3-1;1-2-3/h5-9,22H,4,21H2,1-3H3,(H,23,24);3-6H2,1-2H3;1-5H2;2H,1H3/b14-9-,15-5+;;;. The Morgan fingerprint density at radius 3 is 2.13 bits per heavy atom. The molecule has 2 aromatic rings. The van der Waals surface area contributed by atoms with Gasteiger partial charge in [0.1, 0.15) is 12.1 Å². The lowest BCUT2D eigenvalue weighted by molar-refractivity contribution is -0.110. The highest BCUT2D eigenvalue weighted by Crippen LogP contribution is 2.35. The fourth-order valence-electron chi connectivity index (χ4n) is 4.40. The van der Waals surface area contributed by atoms with Crippen molar-refractivity contribution in [3.8, 4) is 0 Å². The molecule has 4 N–H and O–H groups in total. The number of hydrogen-bond acceptors (Lipinski definition) is 4. The number of anilines is 1. The van der Waals surface area contributed by atoms with Gasteiger partial charge in [-0.2, -0.15) is 0 Å². The van der Waals surface area contributed by atoms with E-state index in [1.54, 1.807) is 12.1 Å². The molecular formula is C32H48FN3O3. The summed E-state index contributed by atoms with van der Waals surface area (Å²) in [6, 6.07) is 4.28. The number of nitrogens with two attached hydrogens (primary N) is 1. The largest absolute Gasteiger partial charge is 0.398 e. The maximum absolute atomic E-state index is 13.5. The number of benzene rings is 1. The van der Waals surface area contributed by atoms with Crippen molar-refractivity contribution in [3.63, 3.8) is 0 Å². The number of fused-ring (bicyclic) bond motifs is 1. The number of aryl methyl sites for hydroxylation is 1. The van der Waals surface area contributed by atoms with E-state index in [0.717, 1.165) is 67.0 Å². The maximum atomic E-state index is 13.5. The van der Waals surface area contributed by atoms with Crippen molar-refractivity contribution >= 4 is 35.2 Å². The van der Waals surface area contributed by atoms with E-state index in [0.29, 0.717) is 16.8 Å². The van der Waals surface area contributed by atoms with Crippen LogP contribution in [0.1, 0.15) is 107 Å². The first kappa shape index (κ1) is 33.8. The smallest absolute Gasteiger partial charge is 0.256 e. The zero-order chi connectivity index (χ0) is 29.2. The maximum Gasteiger partial charge on any atom is 0.256 e. The summed E-state index contributed by atoms with van der Waals surface area (Å²) in [6.45, 7) is 13.5. The number of aromatic amines is 1. The van der Waals surface area contributed by atoms with Gasteiger partial charge >= 0.3 is 0 Å². The van der Waals surface area contributed by atoms with Crippen molar-refractivity contribution in [2.24, 2.45) is 5.73 Å². The third-order valence-corrected chi connectivity index (χ3v) is 6.19. The zero-order valence-corrected chi connectivity index (χ0v) is 24.7. The van der Waals surface area contributed by atoms with Crippen LogP contribution in [-0.2, 0) is 14.3 Å². The van der Waals surface area contributed by atoms with Gasteiger partial charge in [0.15, 0.2) is 0 Å². The van der Waals surface area contributed by atoms with E-state index in [4.69, 9.17) is 15.3 Å². The van der Waals surface area contributed by atoms with Gasteiger partial charge in [0.05, 0.1) is 5.57 Å². The Bertz CT molecular complexity index is 1090. The topological polar surface area (TPSA) is 97.2 Å². The molecule has 0 radical (unpaired) electrons. The van der Waals surface area contributed by atoms with Crippen LogP contribution in [0.4, 0.5) is 10.1 Å². The zero-order valence-electron chi connectivity index (χ0n) is 24.7. The van der Waals surface area contributed by atoms with Crippen LogP contribution in [0, 0.1) is 19.7 Å². The van der Waals surface area contributed by atoms with Crippen LogP contribution >= 0.6 is 0 Å². The van der Waals surface area contributed by atoms with E-state index in [2.05, 4.69) is 24.1 Å². The summed E-state index contributed by atoms with van der Waals surface area (Å²) in [5, 5.41) is 2.76. The highest BCUT2D eigenvalue weighted by Gasteiger charge is 2.25. The highest BCUT2D eigenvalue weighted by atomic mass is 19.1. The lowest BCUT2D eigenvalue weighted by atomic mass is 10.0. The summed E-state index contributed by atoms with van der Waals surface area (Å²) >= 11 is 0. The molecule has 1 fully saturated rings. The third-order valence-electron chi connectivity index (χ3n) is 6.19. The molecule has 0 saturated heterocycles. The summed E-state index contributed by atoms with van der Waals surface area (Å²) < 4.78 is 18.7. The second kappa shape index (κ2) is 19.0. The molecule has 4 rings (SSSR count). The van der Waals surface area contributed by atoms with Gasteiger partial charge < -0.3 is 25.6 Å². The molecule has 0 bridgehead atoms. The first-order valence-corrected chi connectivity index (χ1v) is 14.2. The average Bonchev–Trinajstić information content (AvgIpc) is 3.63. The van der Waals surface area contributed by atoms with E-state index in [1.165, 1.54) is 51.2 Å². The van der Waals surface area contributed by atoms with Crippen molar-refractivity contribution in [3.05, 3.63) is 58.2 Å². The third kappa shape index (κ3) is 11.2. The molecule has 1 amide bonds. The first-order valence-electron chi connectivity index (χ1n) is 14.2. The number of nitrogens with one attached hydrogen (secondary N) is 2. The fourth-order valence-corrected chi connectivity index (χ4v) is 4.40. The lowest BCUT2D eigenvalue weighted by Gasteiger charge is -2.03. The summed E-state index contributed by atoms with van der Waals surface area (Å²) in [5.74, 6) is -0.604. The minimum atomic E-state index is -0.369. The molecule has 0 spiro atoms. The summed E-state index contributed by atoms with van der Waals surface area (Å²) in [5.41, 5.74) is 12.2. The molecule has 0 atom stereocenters. The average molecular weight is 542 g/mol. The van der Waals surface area contributed by atoms with E-state index in [-0.39, 0.29) is 11.7 Å². The number of H-pyrrole nitrogens is 1. The number of aldehydes is 1. The molecule has 0 unspecified atom stereocenters. The minimum Gasteiger partial charge on any atom is -0.398 e. The molecule has 1 aromatic heterocycles. The number of carbonyl (C=O) groups excluding carboxylic acids is 2. The van der Waals surface area contributed by atoms with Crippen LogP contribution in [0.2, 0.25) is 0 Å². The van der Waals surface area contributed by atoms with Gasteiger partial charge in [0.2, 0.25) is 0 Å². The molecule has 6 nitrogen and oxygen atoms in total. The van der Waals surface area contributed by atoms with Crippen LogP contribution in [0.3, 0.4) is 0 Å². The van der Waals surface area contributed by atoms with E-state index in [1.807, 2.05) is 26.8 Å². The molecule has 1 aliphatic heterocycles. The monoisotopic (exact) mass is 541 g/mol. The molecule has 1 saturated carbocycles. The van der Waals surface area contributed by atoms with Crippen molar-refractivity contribution in [2.75, 3.05) is 18.5 Å². The Labute approximate surface area is 234 Å². The van der Waals surface area contributed by atoms with E-state index in [9.17, 15) is 9.18 Å². The summed E-state index contributed by atoms with van der Waals surface area (Å²) in [7, 11) is 0. The normalized spacial score (nSPS) is 14.8. The number of amides is 1. The SMILES string of the molecule is C1CCCC1.CC/C=C(/N)c1c(C)[nH]c(/C=C2\C(=O)Nc3ccc(F)cc32)c1C.CC=O.CCCOCCC. The first-order chi connectivity index (χ1) is 18.7. The van der Waals surface area contributed by atoms with Gasteiger partial charge in [0, 0.05) is 47.1 Å². The summed E-state index contributed by atoms with van der Waals surface area (Å²) in [4.78, 5) is 24.3. The fraction of sp³-hybridized carbons (Fsp3) is 0.500. The number of allylic oxidation sites excluding steroid dienone is 1. The summed E-state index contributed by atoms with van der Waals surface area (Å²) in [6.07, 6.45) is 15.1. The number of hydrogen-bond donors (Lipinski definition) is 3. The highest BCUT2D eigenvalue weighted by molar-refractivity contribution is 6.34. The van der Waals surface area contributed by atoms with Gasteiger partial charge in [-0.05, 0) is 69.9 Å². The number of ether oxygens (including phenoxy) is 1. The van der Waals surface area contributed by atoms with Crippen LogP contribution in [0.15, 0.2) is 24.3 Å². The van der Waals surface area contributed by atoms with E-state index < -0.39 is 0 Å². The molecular weight excluding hydrogens is 493 g/mol. The van der Waals surface area contributed by atoms with Crippen molar-refractivity contribution < 1.29 is 18.7 Å². The van der Waals surface area contributed by atoms with Gasteiger partial charge in [-0.1, -0.05) is 59.0 Å². The van der Waals surface area contributed by atoms with Crippen molar-refractivity contribution in [2.45, 2.75) is 92.9 Å². The van der Waals surface area contributed by atoms with Crippen molar-refractivity contribution in [1.29, 1.82) is 0 Å². The Morgan fingerprint density at radius 2 is 1.62 bits per heavy atom. The Morgan fingerprint density at radius 1 is 1.05 bits per heavy atom. The predicted octanol–water partition coefficient (Wildman–Crippen LogP) is 7.95. The quantitative estimate of drug-likeness (QED) is 0.188. The van der Waals surface area contributed by atoms with Gasteiger partial charge in [-0.15, -0.1) is 0 Å². The van der Waals surface area contributed by atoms with Crippen LogP contribution in [-0.4, -0.2) is 30.4 Å². The molecule has 7 heteroatoms. The van der Waals surface area contributed by atoms with Gasteiger partial charge in [0.25, 0.3) is 5.91 Å². The molecule has 1 aliphatic carbocycles. The molecule has 39 heavy (non-hydrogen) atoms. The Kier molecular flexibility index (Phi) is 16.5. The number of aromatic nitrogens is 1. The van der Waals surface area contributed by atoms with Crippen LogP contribution in [0.5, 0.6) is 0 Å². The van der Waals surface area contributed by atoms with Crippen molar-refractivity contribution in [1.82, 2.24) is 4.98 Å². The van der Waals surface area contributed by atoms with Gasteiger partial charge in [-0.25, -0.2) is 4.39 Å². The lowest BCUT2D eigenvalue weighted by Crippen LogP contribution is -2.03. The minimum absolute atomic E-state index is 0.235. The van der Waals surface area contributed by atoms with Crippen LogP contribution in [0.25, 0.3) is 17.3 Å². The molecule has 216 valence electrons. The Balaban J connectivity index is 0.000000414. The number of carbonyl (C=O) groups is 2. The van der Waals surface area contributed by atoms with E-state index >= 15 is 0 Å². The molecule has 2 heterocycles. The number of rotatable bonds is 7. The predicted molar refractivity (Wildman–Crippen MR) is 162 cm³/mol. The van der Waals surface area contributed by atoms with Gasteiger partial charge in [-0.3, -0.25) is 4.79 Å².